The molecule has 3 aromatic rings. The summed E-state index contributed by atoms with van der Waals surface area (Å²) in [6.07, 6.45) is -3.79. The number of carbonyl (C=O) groups is 2. The van der Waals surface area contributed by atoms with E-state index >= 15 is 0 Å². The second kappa shape index (κ2) is 10.4. The summed E-state index contributed by atoms with van der Waals surface area (Å²) >= 11 is 5.83. The molecule has 180 valence electrons. The van der Waals surface area contributed by atoms with Crippen molar-refractivity contribution in [3.05, 3.63) is 59.8 Å². The van der Waals surface area contributed by atoms with Crippen LogP contribution in [-0.4, -0.2) is 44.8 Å². The predicted octanol–water partition coefficient (Wildman–Crippen LogP) is 3.39. The van der Waals surface area contributed by atoms with Crippen LogP contribution in [0.3, 0.4) is 0 Å². The van der Waals surface area contributed by atoms with Crippen LogP contribution in [0.2, 0.25) is 5.02 Å². The van der Waals surface area contributed by atoms with Gasteiger partial charge >= 0.3 is 12.1 Å². The van der Waals surface area contributed by atoms with Gasteiger partial charge in [0.1, 0.15) is 29.2 Å². The minimum atomic E-state index is -4.58. The molecule has 0 radical (unpaired) electrons. The van der Waals surface area contributed by atoms with Crippen LogP contribution in [0.4, 0.5) is 13.2 Å². The Morgan fingerprint density at radius 2 is 1.85 bits per heavy atom. The van der Waals surface area contributed by atoms with Gasteiger partial charge in [0.2, 0.25) is 12.0 Å². The topological polar surface area (TPSA) is 117 Å². The summed E-state index contributed by atoms with van der Waals surface area (Å²) in [5.41, 5.74) is -1.00. The van der Waals surface area contributed by atoms with E-state index in [-0.39, 0.29) is 22.4 Å². The lowest BCUT2D eigenvalue weighted by Gasteiger charge is -2.20. The molecule has 0 aliphatic heterocycles. The fourth-order valence-electron chi connectivity index (χ4n) is 2.56. The van der Waals surface area contributed by atoms with E-state index in [1.54, 1.807) is 0 Å². The van der Waals surface area contributed by atoms with E-state index in [9.17, 15) is 22.8 Å². The number of rotatable bonds is 8. The Bertz CT molecular complexity index is 1140. The number of hydrogen-bond acceptors (Lipinski definition) is 8. The monoisotopic (exact) mass is 499 g/mol. The molecule has 10 nitrogen and oxygen atoms in total. The van der Waals surface area contributed by atoms with E-state index in [4.69, 9.17) is 21.1 Å². The number of esters is 1. The first-order chi connectivity index (χ1) is 16.1. The van der Waals surface area contributed by atoms with Crippen LogP contribution in [0.15, 0.2) is 49.2 Å². The lowest BCUT2D eigenvalue weighted by Crippen LogP contribution is -2.44. The third kappa shape index (κ3) is 6.13. The first-order valence-corrected chi connectivity index (χ1v) is 9.86. The number of nitrogens with zero attached hydrogens (tertiary/aromatic N) is 4. The van der Waals surface area contributed by atoms with Gasteiger partial charge in [-0.2, -0.15) is 18.3 Å². The molecule has 0 aliphatic carbocycles. The van der Waals surface area contributed by atoms with Gasteiger partial charge in [-0.25, -0.2) is 19.4 Å². The molecular formula is C20H17ClF3N5O5. The predicted molar refractivity (Wildman–Crippen MR) is 110 cm³/mol. The maximum absolute atomic E-state index is 12.7. The van der Waals surface area contributed by atoms with E-state index in [0.717, 1.165) is 11.8 Å². The molecule has 2 heterocycles. The maximum atomic E-state index is 12.7. The fourth-order valence-corrected chi connectivity index (χ4v) is 2.76. The molecule has 34 heavy (non-hydrogen) atoms. The first kappa shape index (κ1) is 24.8. The molecule has 1 amide bonds. The zero-order chi connectivity index (χ0) is 24.9. The van der Waals surface area contributed by atoms with Crippen LogP contribution in [-0.2, 0) is 20.5 Å². The number of ether oxygens (including phenoxy) is 3. The third-order valence-corrected chi connectivity index (χ3v) is 4.53. The minimum absolute atomic E-state index is 0.210. The molecule has 14 heteroatoms. The number of carbonyl (C=O) groups excluding carboxylic acids is 2. The smallest absolute Gasteiger partial charge is 0.417 e. The Hall–Kier alpha value is -3.87. The van der Waals surface area contributed by atoms with Gasteiger partial charge in [0.25, 0.3) is 5.91 Å². The SMILES string of the molecule is COC(=O)C(NC(=O)C(C)Oc1ccc(Oc2ncc(C(F)(F)F)cc2Cl)cc1)n1cncn1. The molecule has 3 rings (SSSR count). The molecule has 2 aromatic heterocycles. The van der Waals surface area contributed by atoms with Gasteiger partial charge in [0.15, 0.2) is 6.10 Å². The van der Waals surface area contributed by atoms with Crippen LogP contribution in [0.1, 0.15) is 18.7 Å². The van der Waals surface area contributed by atoms with Crippen LogP contribution in [0.5, 0.6) is 17.4 Å². The van der Waals surface area contributed by atoms with Crippen molar-refractivity contribution in [3.8, 4) is 17.4 Å². The Morgan fingerprint density at radius 1 is 1.18 bits per heavy atom. The number of hydrogen-bond donors (Lipinski definition) is 1. The highest BCUT2D eigenvalue weighted by molar-refractivity contribution is 6.31. The number of nitrogens with one attached hydrogen (secondary N) is 1. The normalized spacial score (nSPS) is 13.0. The molecule has 2 atom stereocenters. The minimum Gasteiger partial charge on any atom is -0.481 e. The highest BCUT2D eigenvalue weighted by atomic mass is 35.5. The van der Waals surface area contributed by atoms with Gasteiger partial charge in [-0.3, -0.25) is 4.79 Å². The van der Waals surface area contributed by atoms with Crippen molar-refractivity contribution >= 4 is 23.5 Å². The van der Waals surface area contributed by atoms with E-state index in [0.29, 0.717) is 12.3 Å². The summed E-state index contributed by atoms with van der Waals surface area (Å²) in [7, 11) is 1.16. The van der Waals surface area contributed by atoms with Crippen molar-refractivity contribution in [2.75, 3.05) is 7.11 Å². The molecule has 0 saturated carbocycles. The largest absolute Gasteiger partial charge is 0.481 e. The highest BCUT2D eigenvalue weighted by Crippen LogP contribution is 2.34. The summed E-state index contributed by atoms with van der Waals surface area (Å²) < 4.78 is 54.9. The van der Waals surface area contributed by atoms with Crippen molar-refractivity contribution in [2.24, 2.45) is 0 Å². The number of halogens is 4. The van der Waals surface area contributed by atoms with Gasteiger partial charge < -0.3 is 19.5 Å². The van der Waals surface area contributed by atoms with Gasteiger partial charge in [-0.1, -0.05) is 11.6 Å². The Balaban J connectivity index is 1.61. The second-order valence-electron chi connectivity index (χ2n) is 6.65. The molecule has 0 spiro atoms. The molecule has 0 bridgehead atoms. The molecule has 2 unspecified atom stereocenters. The van der Waals surface area contributed by atoms with E-state index in [1.807, 2.05) is 0 Å². The van der Waals surface area contributed by atoms with E-state index in [2.05, 4.69) is 25.1 Å². The Labute approximate surface area is 195 Å². The highest BCUT2D eigenvalue weighted by Gasteiger charge is 2.32. The molecule has 1 N–H and O–H groups in total. The number of aromatic nitrogens is 4. The Kier molecular flexibility index (Phi) is 7.56. The number of alkyl halides is 3. The van der Waals surface area contributed by atoms with E-state index < -0.39 is 35.9 Å². The number of amides is 1. The second-order valence-corrected chi connectivity index (χ2v) is 7.06. The van der Waals surface area contributed by atoms with Crippen LogP contribution < -0.4 is 14.8 Å². The van der Waals surface area contributed by atoms with Gasteiger partial charge in [0, 0.05) is 6.20 Å². The van der Waals surface area contributed by atoms with Gasteiger partial charge in [0.05, 0.1) is 12.7 Å². The molecule has 0 fully saturated rings. The standard InChI is InChI=1S/C20H17ClF3N5O5/c1-11(17(30)28-16(19(31)32-2)29-10-25-9-27-29)33-13-3-5-14(6-4-13)34-18-15(21)7-12(8-26-18)20(22,23)24/h3-11,16H,1-2H3,(H,28,30). The zero-order valence-electron chi connectivity index (χ0n) is 17.6. The van der Waals surface area contributed by atoms with Crippen molar-refractivity contribution < 1.29 is 37.0 Å². The average Bonchev–Trinajstić information content (AvgIpc) is 3.33. The van der Waals surface area contributed by atoms with Crippen LogP contribution in [0.25, 0.3) is 0 Å². The van der Waals surface area contributed by atoms with Gasteiger partial charge in [-0.05, 0) is 37.3 Å². The number of pyridine rings is 1. The first-order valence-electron chi connectivity index (χ1n) is 9.48. The zero-order valence-corrected chi connectivity index (χ0v) is 18.4. The van der Waals surface area contributed by atoms with Crippen molar-refractivity contribution in [2.45, 2.75) is 25.4 Å². The number of methoxy groups -OCH3 is 1. The van der Waals surface area contributed by atoms with Crippen molar-refractivity contribution in [1.82, 2.24) is 25.1 Å². The summed E-state index contributed by atoms with van der Waals surface area (Å²) in [5.74, 6) is -1.11. The summed E-state index contributed by atoms with van der Waals surface area (Å²) in [5, 5.41) is 5.95. The summed E-state index contributed by atoms with van der Waals surface area (Å²) in [6, 6.07) is 6.53. The van der Waals surface area contributed by atoms with Crippen LogP contribution in [0, 0.1) is 0 Å². The maximum Gasteiger partial charge on any atom is 0.417 e. The van der Waals surface area contributed by atoms with Gasteiger partial charge in [-0.15, -0.1) is 0 Å². The molecule has 0 aliphatic rings. The lowest BCUT2D eigenvalue weighted by molar-refractivity contribution is -0.149. The fraction of sp³-hybridized carbons (Fsp3) is 0.250. The summed E-state index contributed by atoms with van der Waals surface area (Å²) in [6.45, 7) is 1.46. The average molecular weight is 500 g/mol. The molecule has 0 saturated heterocycles. The third-order valence-electron chi connectivity index (χ3n) is 4.26. The van der Waals surface area contributed by atoms with Crippen molar-refractivity contribution in [3.63, 3.8) is 0 Å². The molecular weight excluding hydrogens is 483 g/mol. The summed E-state index contributed by atoms with van der Waals surface area (Å²) in [4.78, 5) is 31.8. The van der Waals surface area contributed by atoms with E-state index in [1.165, 1.54) is 43.8 Å². The quantitative estimate of drug-likeness (QED) is 0.469. The number of benzene rings is 1. The van der Waals surface area contributed by atoms with Crippen molar-refractivity contribution in [1.29, 1.82) is 0 Å². The lowest BCUT2D eigenvalue weighted by atomic mass is 10.3. The Morgan fingerprint density at radius 3 is 2.41 bits per heavy atom. The molecule has 1 aromatic carbocycles. The van der Waals surface area contributed by atoms with Crippen LogP contribution >= 0.6 is 11.6 Å².